The fourth-order valence-electron chi connectivity index (χ4n) is 1.43. The molecule has 0 aliphatic rings. The summed E-state index contributed by atoms with van der Waals surface area (Å²) >= 11 is 0. The minimum Gasteiger partial charge on any atom is -0.491 e. The van der Waals surface area contributed by atoms with Gasteiger partial charge in [-0.25, -0.2) is 0 Å². The smallest absolute Gasteiger partial charge is 0.122 e. The van der Waals surface area contributed by atoms with Crippen LogP contribution in [0.15, 0.2) is 24.3 Å². The van der Waals surface area contributed by atoms with Crippen LogP contribution in [0, 0.1) is 5.92 Å². The number of benzene rings is 1. The SMILES string of the molecule is CC(C)C(O)Cc1ccccc1OCCO. The van der Waals surface area contributed by atoms with Gasteiger partial charge in [0.15, 0.2) is 0 Å². The van der Waals surface area contributed by atoms with Crippen molar-refractivity contribution in [3.8, 4) is 5.75 Å². The normalized spacial score (nSPS) is 12.8. The number of aliphatic hydroxyl groups is 2. The van der Waals surface area contributed by atoms with E-state index in [0.29, 0.717) is 6.42 Å². The Morgan fingerprint density at radius 1 is 1.25 bits per heavy atom. The highest BCUT2D eigenvalue weighted by atomic mass is 16.5. The number of ether oxygens (including phenoxy) is 1. The molecular weight excluding hydrogens is 204 g/mol. The summed E-state index contributed by atoms with van der Waals surface area (Å²) in [5.74, 6) is 0.974. The van der Waals surface area contributed by atoms with Crippen molar-refractivity contribution in [3.63, 3.8) is 0 Å². The summed E-state index contributed by atoms with van der Waals surface area (Å²) in [5, 5.41) is 18.5. The summed E-state index contributed by atoms with van der Waals surface area (Å²) in [6.07, 6.45) is 0.220. The van der Waals surface area contributed by atoms with Crippen LogP contribution in [0.2, 0.25) is 0 Å². The average Bonchev–Trinajstić information content (AvgIpc) is 2.27. The number of para-hydroxylation sites is 1. The van der Waals surface area contributed by atoms with Gasteiger partial charge in [-0.1, -0.05) is 32.0 Å². The van der Waals surface area contributed by atoms with Gasteiger partial charge in [0, 0.05) is 6.42 Å². The van der Waals surface area contributed by atoms with Crippen molar-refractivity contribution in [2.75, 3.05) is 13.2 Å². The molecule has 3 heteroatoms. The van der Waals surface area contributed by atoms with E-state index in [9.17, 15) is 5.11 Å². The topological polar surface area (TPSA) is 49.7 Å². The van der Waals surface area contributed by atoms with Gasteiger partial charge >= 0.3 is 0 Å². The van der Waals surface area contributed by atoms with Gasteiger partial charge in [0.05, 0.1) is 12.7 Å². The van der Waals surface area contributed by atoms with Crippen LogP contribution in [0.25, 0.3) is 0 Å². The highest BCUT2D eigenvalue weighted by Gasteiger charge is 2.12. The maximum Gasteiger partial charge on any atom is 0.122 e. The Balaban J connectivity index is 2.70. The van der Waals surface area contributed by atoms with Crippen molar-refractivity contribution in [2.24, 2.45) is 5.92 Å². The molecule has 1 unspecified atom stereocenters. The lowest BCUT2D eigenvalue weighted by Crippen LogP contribution is -2.18. The van der Waals surface area contributed by atoms with Crippen molar-refractivity contribution in [3.05, 3.63) is 29.8 Å². The molecule has 0 amide bonds. The molecule has 0 spiro atoms. The van der Waals surface area contributed by atoms with E-state index in [1.165, 1.54) is 0 Å². The van der Waals surface area contributed by atoms with Crippen molar-refractivity contribution in [2.45, 2.75) is 26.4 Å². The molecule has 1 rings (SSSR count). The van der Waals surface area contributed by atoms with Crippen LogP contribution in [0.5, 0.6) is 5.75 Å². The molecule has 0 fully saturated rings. The van der Waals surface area contributed by atoms with Crippen molar-refractivity contribution in [1.29, 1.82) is 0 Å². The molecule has 0 saturated carbocycles. The highest BCUT2D eigenvalue weighted by molar-refractivity contribution is 5.33. The van der Waals surface area contributed by atoms with Crippen LogP contribution in [0.3, 0.4) is 0 Å². The van der Waals surface area contributed by atoms with E-state index in [0.717, 1.165) is 11.3 Å². The lowest BCUT2D eigenvalue weighted by Gasteiger charge is -2.16. The Morgan fingerprint density at radius 3 is 2.56 bits per heavy atom. The fraction of sp³-hybridized carbons (Fsp3) is 0.538. The van der Waals surface area contributed by atoms with E-state index in [1.807, 2.05) is 38.1 Å². The van der Waals surface area contributed by atoms with Gasteiger partial charge in [-0.15, -0.1) is 0 Å². The lowest BCUT2D eigenvalue weighted by atomic mass is 9.99. The number of hydrogen-bond donors (Lipinski definition) is 2. The zero-order chi connectivity index (χ0) is 12.0. The first-order chi connectivity index (χ1) is 7.65. The Hall–Kier alpha value is -1.06. The first-order valence-electron chi connectivity index (χ1n) is 5.64. The molecule has 90 valence electrons. The molecule has 1 aromatic rings. The molecule has 0 bridgehead atoms. The minimum atomic E-state index is -0.362. The van der Waals surface area contributed by atoms with Gasteiger partial charge in [0.1, 0.15) is 12.4 Å². The average molecular weight is 224 g/mol. The molecule has 1 atom stereocenters. The fourth-order valence-corrected chi connectivity index (χ4v) is 1.43. The molecule has 0 aliphatic heterocycles. The van der Waals surface area contributed by atoms with Crippen LogP contribution in [-0.2, 0) is 6.42 Å². The van der Waals surface area contributed by atoms with Crippen LogP contribution >= 0.6 is 0 Å². The molecule has 16 heavy (non-hydrogen) atoms. The highest BCUT2D eigenvalue weighted by Crippen LogP contribution is 2.21. The summed E-state index contributed by atoms with van der Waals surface area (Å²) in [7, 11) is 0. The maximum atomic E-state index is 9.82. The number of hydrogen-bond acceptors (Lipinski definition) is 3. The molecule has 0 radical (unpaired) electrons. The number of aliphatic hydroxyl groups excluding tert-OH is 2. The first-order valence-corrected chi connectivity index (χ1v) is 5.64. The summed E-state index contributed by atoms with van der Waals surface area (Å²) in [5.41, 5.74) is 0.983. The standard InChI is InChI=1S/C13H20O3/c1-10(2)12(15)9-11-5-3-4-6-13(11)16-8-7-14/h3-6,10,12,14-15H,7-9H2,1-2H3. The lowest BCUT2D eigenvalue weighted by molar-refractivity contribution is 0.124. The van der Waals surface area contributed by atoms with E-state index in [4.69, 9.17) is 9.84 Å². The molecule has 1 aromatic carbocycles. The minimum absolute atomic E-state index is 0.00106. The third kappa shape index (κ3) is 3.83. The molecule has 3 nitrogen and oxygen atoms in total. The second kappa shape index (κ2) is 6.51. The molecule has 0 heterocycles. The molecule has 2 N–H and O–H groups in total. The summed E-state index contributed by atoms with van der Waals surface area (Å²) in [6, 6.07) is 7.61. The Labute approximate surface area is 96.7 Å². The molecule has 0 aromatic heterocycles. The van der Waals surface area contributed by atoms with Crippen LogP contribution in [0.4, 0.5) is 0 Å². The molecule has 0 saturated heterocycles. The second-order valence-electron chi connectivity index (χ2n) is 4.20. The van der Waals surface area contributed by atoms with Crippen molar-refractivity contribution < 1.29 is 14.9 Å². The largest absolute Gasteiger partial charge is 0.491 e. The molecular formula is C13H20O3. The third-order valence-electron chi connectivity index (χ3n) is 2.52. The monoisotopic (exact) mass is 224 g/mol. The van der Waals surface area contributed by atoms with Crippen LogP contribution < -0.4 is 4.74 Å². The Bertz CT molecular complexity index is 310. The third-order valence-corrected chi connectivity index (χ3v) is 2.52. The van der Waals surface area contributed by atoms with Gasteiger partial charge in [0.2, 0.25) is 0 Å². The quantitative estimate of drug-likeness (QED) is 0.772. The van der Waals surface area contributed by atoms with Crippen molar-refractivity contribution in [1.82, 2.24) is 0 Å². The van der Waals surface area contributed by atoms with Crippen LogP contribution in [-0.4, -0.2) is 29.5 Å². The Kier molecular flexibility index (Phi) is 5.29. The van der Waals surface area contributed by atoms with Gasteiger partial charge in [0.25, 0.3) is 0 Å². The van der Waals surface area contributed by atoms with Crippen LogP contribution in [0.1, 0.15) is 19.4 Å². The predicted octanol–water partition coefficient (Wildman–Crippen LogP) is 1.62. The van der Waals surface area contributed by atoms with Gasteiger partial charge in [-0.3, -0.25) is 0 Å². The van der Waals surface area contributed by atoms with E-state index in [-0.39, 0.29) is 25.2 Å². The van der Waals surface area contributed by atoms with Gasteiger partial charge in [-0.05, 0) is 17.5 Å². The zero-order valence-electron chi connectivity index (χ0n) is 9.89. The van der Waals surface area contributed by atoms with Gasteiger partial charge < -0.3 is 14.9 Å². The number of rotatable bonds is 6. The maximum absolute atomic E-state index is 9.82. The second-order valence-corrected chi connectivity index (χ2v) is 4.20. The summed E-state index contributed by atoms with van der Waals surface area (Å²) < 4.78 is 5.41. The van der Waals surface area contributed by atoms with E-state index in [2.05, 4.69) is 0 Å². The summed E-state index contributed by atoms with van der Waals surface area (Å²) in [6.45, 7) is 4.26. The van der Waals surface area contributed by atoms with Gasteiger partial charge in [-0.2, -0.15) is 0 Å². The zero-order valence-corrected chi connectivity index (χ0v) is 9.89. The Morgan fingerprint density at radius 2 is 1.94 bits per heavy atom. The van der Waals surface area contributed by atoms with E-state index >= 15 is 0 Å². The first kappa shape index (κ1) is 13.0. The predicted molar refractivity (Wildman–Crippen MR) is 63.6 cm³/mol. The summed E-state index contributed by atoms with van der Waals surface area (Å²) in [4.78, 5) is 0. The van der Waals surface area contributed by atoms with E-state index < -0.39 is 0 Å². The van der Waals surface area contributed by atoms with Crippen molar-refractivity contribution >= 4 is 0 Å². The van der Waals surface area contributed by atoms with E-state index in [1.54, 1.807) is 0 Å². The molecule has 0 aliphatic carbocycles.